The Kier molecular flexibility index (Phi) is 4.26. The fraction of sp³-hybridized carbons (Fsp3) is 0.278. The van der Waals surface area contributed by atoms with Gasteiger partial charge in [-0.2, -0.15) is 0 Å². The zero-order valence-electron chi connectivity index (χ0n) is 11.9. The second-order valence-corrected chi connectivity index (χ2v) is 5.83. The standard InChI is InChI=1S/C18H18ClNO/c19-17-8-4-3-6-15(17)9-10-18(21)20-12-11-14-5-1-2-7-16(14)13-20/h1-8H,9-13H2. The molecule has 0 aromatic heterocycles. The summed E-state index contributed by atoms with van der Waals surface area (Å²) in [6.45, 7) is 1.55. The van der Waals surface area contributed by atoms with Crippen LogP contribution in [-0.2, 0) is 24.2 Å². The SMILES string of the molecule is O=C(CCc1ccccc1Cl)N1CCc2ccccc2C1. The van der Waals surface area contributed by atoms with Crippen molar-refractivity contribution in [2.24, 2.45) is 0 Å². The maximum absolute atomic E-state index is 12.4. The average Bonchev–Trinajstić information content (AvgIpc) is 2.53. The second kappa shape index (κ2) is 6.31. The first kappa shape index (κ1) is 14.2. The van der Waals surface area contributed by atoms with Crippen molar-refractivity contribution in [3.63, 3.8) is 0 Å². The number of halogens is 1. The number of hydrogen-bond acceptors (Lipinski definition) is 1. The van der Waals surface area contributed by atoms with Gasteiger partial charge in [0, 0.05) is 24.5 Å². The Bertz CT molecular complexity index is 653. The van der Waals surface area contributed by atoms with E-state index >= 15 is 0 Å². The van der Waals surface area contributed by atoms with Crippen LogP contribution < -0.4 is 0 Å². The van der Waals surface area contributed by atoms with Crippen LogP contribution in [0.3, 0.4) is 0 Å². The summed E-state index contributed by atoms with van der Waals surface area (Å²) in [6, 6.07) is 16.1. The van der Waals surface area contributed by atoms with E-state index in [1.165, 1.54) is 11.1 Å². The van der Waals surface area contributed by atoms with Crippen LogP contribution in [0.25, 0.3) is 0 Å². The number of rotatable bonds is 3. The highest BCUT2D eigenvalue weighted by atomic mass is 35.5. The molecule has 0 aliphatic carbocycles. The van der Waals surface area contributed by atoms with Crippen molar-refractivity contribution >= 4 is 17.5 Å². The third-order valence-electron chi connectivity index (χ3n) is 4.05. The molecular weight excluding hydrogens is 282 g/mol. The Balaban J connectivity index is 1.61. The highest BCUT2D eigenvalue weighted by Gasteiger charge is 2.20. The fourth-order valence-electron chi connectivity index (χ4n) is 2.81. The lowest BCUT2D eigenvalue weighted by Crippen LogP contribution is -2.36. The van der Waals surface area contributed by atoms with E-state index in [1.54, 1.807) is 0 Å². The van der Waals surface area contributed by atoms with Gasteiger partial charge in [-0.25, -0.2) is 0 Å². The van der Waals surface area contributed by atoms with Crippen molar-refractivity contribution in [3.8, 4) is 0 Å². The van der Waals surface area contributed by atoms with Crippen LogP contribution in [0.2, 0.25) is 5.02 Å². The molecule has 2 aromatic carbocycles. The summed E-state index contributed by atoms with van der Waals surface area (Å²) in [5, 5.41) is 0.745. The van der Waals surface area contributed by atoms with Gasteiger partial charge in [0.05, 0.1) is 0 Å². The minimum Gasteiger partial charge on any atom is -0.338 e. The quantitative estimate of drug-likeness (QED) is 0.843. The molecule has 0 spiro atoms. The van der Waals surface area contributed by atoms with Crippen LogP contribution in [0.5, 0.6) is 0 Å². The van der Waals surface area contributed by atoms with Crippen LogP contribution in [0.1, 0.15) is 23.1 Å². The lowest BCUT2D eigenvalue weighted by Gasteiger charge is -2.29. The van der Waals surface area contributed by atoms with Crippen molar-refractivity contribution in [1.29, 1.82) is 0 Å². The molecule has 0 unspecified atom stereocenters. The molecule has 0 bridgehead atoms. The highest BCUT2D eigenvalue weighted by molar-refractivity contribution is 6.31. The lowest BCUT2D eigenvalue weighted by atomic mass is 9.99. The summed E-state index contributed by atoms with van der Waals surface area (Å²) in [5.41, 5.74) is 3.69. The van der Waals surface area contributed by atoms with Crippen molar-refractivity contribution in [2.45, 2.75) is 25.8 Å². The topological polar surface area (TPSA) is 20.3 Å². The van der Waals surface area contributed by atoms with Crippen molar-refractivity contribution in [3.05, 3.63) is 70.2 Å². The van der Waals surface area contributed by atoms with Crippen molar-refractivity contribution < 1.29 is 4.79 Å². The number of amides is 1. The second-order valence-electron chi connectivity index (χ2n) is 5.43. The molecule has 1 heterocycles. The number of carbonyl (C=O) groups excluding carboxylic acids is 1. The molecule has 0 N–H and O–H groups in total. The molecule has 0 radical (unpaired) electrons. The van der Waals surface area contributed by atoms with Gasteiger partial charge in [-0.05, 0) is 35.6 Å². The molecule has 3 heteroatoms. The summed E-state index contributed by atoms with van der Waals surface area (Å²) in [4.78, 5) is 14.3. The maximum atomic E-state index is 12.4. The van der Waals surface area contributed by atoms with E-state index in [-0.39, 0.29) is 5.91 Å². The number of fused-ring (bicyclic) bond motifs is 1. The molecule has 2 aromatic rings. The van der Waals surface area contributed by atoms with Crippen LogP contribution in [0.4, 0.5) is 0 Å². The van der Waals surface area contributed by atoms with E-state index < -0.39 is 0 Å². The Labute approximate surface area is 130 Å². The van der Waals surface area contributed by atoms with E-state index in [0.29, 0.717) is 12.8 Å². The first-order chi connectivity index (χ1) is 10.2. The van der Waals surface area contributed by atoms with E-state index in [1.807, 2.05) is 35.2 Å². The molecule has 0 saturated carbocycles. The summed E-state index contributed by atoms with van der Waals surface area (Å²) in [7, 11) is 0. The van der Waals surface area contributed by atoms with E-state index in [2.05, 4.69) is 18.2 Å². The number of aryl methyl sites for hydroxylation is 1. The van der Waals surface area contributed by atoms with Gasteiger partial charge in [-0.15, -0.1) is 0 Å². The molecule has 2 nitrogen and oxygen atoms in total. The molecule has 1 aliphatic heterocycles. The number of hydrogen-bond donors (Lipinski definition) is 0. The summed E-state index contributed by atoms with van der Waals surface area (Å²) in [6.07, 6.45) is 2.18. The predicted molar refractivity (Wildman–Crippen MR) is 85.3 cm³/mol. The first-order valence-electron chi connectivity index (χ1n) is 7.32. The predicted octanol–water partition coefficient (Wildman–Crippen LogP) is 3.86. The van der Waals surface area contributed by atoms with Gasteiger partial charge in [-0.3, -0.25) is 4.79 Å². The van der Waals surface area contributed by atoms with Crippen molar-refractivity contribution in [1.82, 2.24) is 4.90 Å². The third-order valence-corrected chi connectivity index (χ3v) is 4.42. The Morgan fingerprint density at radius 3 is 2.57 bits per heavy atom. The average molecular weight is 300 g/mol. The van der Waals surface area contributed by atoms with Gasteiger partial charge < -0.3 is 4.90 Å². The number of benzene rings is 2. The monoisotopic (exact) mass is 299 g/mol. The number of carbonyl (C=O) groups is 1. The lowest BCUT2D eigenvalue weighted by molar-refractivity contribution is -0.132. The molecule has 0 fully saturated rings. The Hall–Kier alpha value is -1.80. The van der Waals surface area contributed by atoms with Gasteiger partial charge in [0.2, 0.25) is 5.91 Å². The van der Waals surface area contributed by atoms with Gasteiger partial charge in [0.15, 0.2) is 0 Å². The van der Waals surface area contributed by atoms with Gasteiger partial charge in [-0.1, -0.05) is 54.1 Å². The minimum atomic E-state index is 0.212. The van der Waals surface area contributed by atoms with Crippen LogP contribution in [0.15, 0.2) is 48.5 Å². The first-order valence-corrected chi connectivity index (χ1v) is 7.70. The normalized spacial score (nSPS) is 13.9. The molecule has 1 amide bonds. The molecule has 0 atom stereocenters. The maximum Gasteiger partial charge on any atom is 0.223 e. The van der Waals surface area contributed by atoms with E-state index in [9.17, 15) is 4.79 Å². The summed E-state index contributed by atoms with van der Waals surface area (Å²) in [5.74, 6) is 0.212. The Morgan fingerprint density at radius 1 is 1.05 bits per heavy atom. The van der Waals surface area contributed by atoms with Gasteiger partial charge in [0.1, 0.15) is 0 Å². The molecule has 21 heavy (non-hydrogen) atoms. The smallest absolute Gasteiger partial charge is 0.223 e. The molecule has 0 saturated heterocycles. The van der Waals surface area contributed by atoms with Crippen LogP contribution >= 0.6 is 11.6 Å². The zero-order chi connectivity index (χ0) is 14.7. The molecule has 108 valence electrons. The summed E-state index contributed by atoms with van der Waals surface area (Å²) >= 11 is 6.14. The highest BCUT2D eigenvalue weighted by Crippen LogP contribution is 2.21. The van der Waals surface area contributed by atoms with Crippen LogP contribution in [-0.4, -0.2) is 17.4 Å². The minimum absolute atomic E-state index is 0.212. The molecular formula is C18H18ClNO. The van der Waals surface area contributed by atoms with Gasteiger partial charge >= 0.3 is 0 Å². The van der Waals surface area contributed by atoms with E-state index in [4.69, 9.17) is 11.6 Å². The van der Waals surface area contributed by atoms with Crippen LogP contribution in [0, 0.1) is 0 Å². The fourth-order valence-corrected chi connectivity index (χ4v) is 3.04. The third kappa shape index (κ3) is 3.27. The van der Waals surface area contributed by atoms with Gasteiger partial charge in [0.25, 0.3) is 0 Å². The Morgan fingerprint density at radius 2 is 1.76 bits per heavy atom. The molecule has 1 aliphatic rings. The summed E-state index contributed by atoms with van der Waals surface area (Å²) < 4.78 is 0. The largest absolute Gasteiger partial charge is 0.338 e. The zero-order valence-corrected chi connectivity index (χ0v) is 12.6. The van der Waals surface area contributed by atoms with Crippen molar-refractivity contribution in [2.75, 3.05) is 6.54 Å². The van der Waals surface area contributed by atoms with E-state index in [0.717, 1.165) is 30.1 Å². The molecule has 3 rings (SSSR count). The number of nitrogens with zero attached hydrogens (tertiary/aromatic N) is 1.